The van der Waals surface area contributed by atoms with Crippen LogP contribution >= 0.6 is 23.2 Å². The van der Waals surface area contributed by atoms with E-state index >= 15 is 0 Å². The Labute approximate surface area is 104 Å². The van der Waals surface area contributed by atoms with Gasteiger partial charge in [-0.05, 0) is 17.7 Å². The summed E-state index contributed by atoms with van der Waals surface area (Å²) in [6, 6.07) is 5.22. The number of nitrogens with zero attached hydrogens (tertiary/aromatic N) is 1. The highest BCUT2D eigenvalue weighted by Gasteiger charge is 1.98. The van der Waals surface area contributed by atoms with E-state index in [2.05, 4.69) is 9.73 Å². The Kier molecular flexibility index (Phi) is 5.29. The summed E-state index contributed by atoms with van der Waals surface area (Å²) in [5, 5.41) is 0.993. The van der Waals surface area contributed by atoms with Crippen LogP contribution in [0.2, 0.25) is 10.0 Å². The zero-order valence-electron chi connectivity index (χ0n) is 8.74. The standard InChI is InChI=1S/C11H11Cl2NO2/c1-16-11(15)4-5-14-7-8-2-3-9(12)10(13)6-8/h2-3,6-7H,4-5H2,1H3. The van der Waals surface area contributed by atoms with Gasteiger partial charge >= 0.3 is 5.97 Å². The van der Waals surface area contributed by atoms with E-state index in [1.807, 2.05) is 0 Å². The first-order valence-corrected chi connectivity index (χ1v) is 5.41. The van der Waals surface area contributed by atoms with Crippen molar-refractivity contribution >= 4 is 35.4 Å². The predicted octanol–water partition coefficient (Wildman–Crippen LogP) is 2.98. The summed E-state index contributed by atoms with van der Waals surface area (Å²) in [6.45, 7) is 0.396. The van der Waals surface area contributed by atoms with Crippen molar-refractivity contribution in [3.05, 3.63) is 33.8 Å². The molecule has 0 saturated heterocycles. The van der Waals surface area contributed by atoms with Crippen molar-refractivity contribution in [2.45, 2.75) is 6.42 Å². The minimum absolute atomic E-state index is 0.272. The molecule has 0 amide bonds. The molecule has 1 aromatic rings. The van der Waals surface area contributed by atoms with Crippen molar-refractivity contribution in [1.29, 1.82) is 0 Å². The maximum Gasteiger partial charge on any atom is 0.307 e. The van der Waals surface area contributed by atoms with Gasteiger partial charge in [-0.2, -0.15) is 0 Å². The van der Waals surface area contributed by atoms with Crippen molar-refractivity contribution in [3.63, 3.8) is 0 Å². The SMILES string of the molecule is COC(=O)CCN=Cc1ccc(Cl)c(Cl)c1. The van der Waals surface area contributed by atoms with Gasteiger partial charge < -0.3 is 4.74 Å². The van der Waals surface area contributed by atoms with E-state index in [0.29, 0.717) is 16.6 Å². The van der Waals surface area contributed by atoms with Gasteiger partial charge in [0.15, 0.2) is 0 Å². The summed E-state index contributed by atoms with van der Waals surface area (Å²) in [5.74, 6) is -0.272. The van der Waals surface area contributed by atoms with Crippen LogP contribution in [-0.4, -0.2) is 25.8 Å². The van der Waals surface area contributed by atoms with Crippen molar-refractivity contribution in [3.8, 4) is 0 Å². The Bertz CT molecular complexity index is 405. The molecule has 0 aliphatic heterocycles. The topological polar surface area (TPSA) is 38.7 Å². The highest BCUT2D eigenvalue weighted by Crippen LogP contribution is 2.21. The summed E-state index contributed by atoms with van der Waals surface area (Å²) in [6.07, 6.45) is 1.92. The van der Waals surface area contributed by atoms with Gasteiger partial charge in [-0.25, -0.2) is 0 Å². The lowest BCUT2D eigenvalue weighted by molar-refractivity contribution is -0.140. The fraction of sp³-hybridized carbons (Fsp3) is 0.273. The fourth-order valence-corrected chi connectivity index (χ4v) is 1.33. The molecule has 0 atom stereocenters. The molecule has 0 aliphatic rings. The van der Waals surface area contributed by atoms with Gasteiger partial charge in [0.25, 0.3) is 0 Å². The van der Waals surface area contributed by atoms with E-state index < -0.39 is 0 Å². The molecule has 0 fully saturated rings. The molecular formula is C11H11Cl2NO2. The van der Waals surface area contributed by atoms with E-state index in [1.54, 1.807) is 24.4 Å². The summed E-state index contributed by atoms with van der Waals surface area (Å²) in [4.78, 5) is 14.9. The van der Waals surface area contributed by atoms with Crippen molar-refractivity contribution in [1.82, 2.24) is 0 Å². The maximum absolute atomic E-state index is 10.8. The van der Waals surface area contributed by atoms with E-state index in [-0.39, 0.29) is 12.4 Å². The quantitative estimate of drug-likeness (QED) is 0.616. The van der Waals surface area contributed by atoms with Gasteiger partial charge in [0.05, 0.1) is 23.6 Å². The zero-order valence-corrected chi connectivity index (χ0v) is 10.3. The van der Waals surface area contributed by atoms with Crippen LogP contribution < -0.4 is 0 Å². The predicted molar refractivity (Wildman–Crippen MR) is 65.6 cm³/mol. The van der Waals surface area contributed by atoms with Crippen LogP contribution in [0.25, 0.3) is 0 Å². The smallest absolute Gasteiger partial charge is 0.307 e. The number of aliphatic imine (C=N–C) groups is 1. The Morgan fingerprint density at radius 1 is 1.44 bits per heavy atom. The molecule has 0 bridgehead atoms. The van der Waals surface area contributed by atoms with E-state index in [4.69, 9.17) is 23.2 Å². The fourth-order valence-electron chi connectivity index (χ4n) is 1.02. The number of esters is 1. The van der Waals surface area contributed by atoms with Gasteiger partial charge in [-0.3, -0.25) is 9.79 Å². The second kappa shape index (κ2) is 6.51. The molecule has 0 aromatic heterocycles. The molecule has 1 aromatic carbocycles. The average molecular weight is 260 g/mol. The first kappa shape index (κ1) is 13.0. The Balaban J connectivity index is 2.50. The summed E-state index contributed by atoms with van der Waals surface area (Å²) in [5.41, 5.74) is 0.847. The van der Waals surface area contributed by atoms with Crippen LogP contribution in [0.5, 0.6) is 0 Å². The molecule has 0 aliphatic carbocycles. The highest BCUT2D eigenvalue weighted by molar-refractivity contribution is 6.42. The van der Waals surface area contributed by atoms with Crippen LogP contribution in [0.1, 0.15) is 12.0 Å². The zero-order chi connectivity index (χ0) is 12.0. The summed E-state index contributed by atoms with van der Waals surface area (Å²) >= 11 is 11.6. The van der Waals surface area contributed by atoms with Gasteiger partial charge in [0.2, 0.25) is 0 Å². The van der Waals surface area contributed by atoms with Crippen LogP contribution in [-0.2, 0) is 9.53 Å². The van der Waals surface area contributed by atoms with Crippen molar-refractivity contribution < 1.29 is 9.53 Å². The third kappa shape index (κ3) is 4.21. The third-order valence-corrected chi connectivity index (χ3v) is 2.60. The second-order valence-corrected chi connectivity index (χ2v) is 3.85. The van der Waals surface area contributed by atoms with Crippen LogP contribution in [0.3, 0.4) is 0 Å². The van der Waals surface area contributed by atoms with Gasteiger partial charge in [-0.15, -0.1) is 0 Å². The number of halogens is 2. The molecule has 0 unspecified atom stereocenters. The number of carbonyl (C=O) groups excluding carboxylic acids is 1. The molecule has 3 nitrogen and oxygen atoms in total. The summed E-state index contributed by atoms with van der Waals surface area (Å²) in [7, 11) is 1.35. The normalized spacial score (nSPS) is 10.7. The van der Waals surface area contributed by atoms with Crippen LogP contribution in [0.15, 0.2) is 23.2 Å². The minimum Gasteiger partial charge on any atom is -0.469 e. The number of benzene rings is 1. The lowest BCUT2D eigenvalue weighted by Gasteiger charge is -1.97. The number of hydrogen-bond donors (Lipinski definition) is 0. The van der Waals surface area contributed by atoms with Crippen molar-refractivity contribution in [2.24, 2.45) is 4.99 Å². The second-order valence-electron chi connectivity index (χ2n) is 3.03. The Hall–Kier alpha value is -1.06. The maximum atomic E-state index is 10.8. The molecule has 0 N–H and O–H groups in total. The molecule has 0 radical (unpaired) electrons. The molecule has 5 heteroatoms. The molecule has 0 saturated carbocycles. The third-order valence-electron chi connectivity index (χ3n) is 1.86. The molecule has 0 heterocycles. The molecular weight excluding hydrogens is 249 g/mol. The van der Waals surface area contributed by atoms with Gasteiger partial charge in [0.1, 0.15) is 0 Å². The molecule has 0 spiro atoms. The number of hydrogen-bond acceptors (Lipinski definition) is 3. The Morgan fingerprint density at radius 3 is 2.81 bits per heavy atom. The molecule has 1 rings (SSSR count). The van der Waals surface area contributed by atoms with E-state index in [9.17, 15) is 4.79 Å². The highest BCUT2D eigenvalue weighted by atomic mass is 35.5. The minimum atomic E-state index is -0.272. The monoisotopic (exact) mass is 259 g/mol. The first-order chi connectivity index (χ1) is 7.63. The Morgan fingerprint density at radius 2 is 2.19 bits per heavy atom. The first-order valence-electron chi connectivity index (χ1n) is 4.65. The number of methoxy groups -OCH3 is 1. The largest absolute Gasteiger partial charge is 0.469 e. The van der Waals surface area contributed by atoms with Gasteiger partial charge in [-0.1, -0.05) is 29.3 Å². The van der Waals surface area contributed by atoms with Crippen LogP contribution in [0.4, 0.5) is 0 Å². The summed E-state index contributed by atoms with van der Waals surface area (Å²) < 4.78 is 4.49. The van der Waals surface area contributed by atoms with Gasteiger partial charge in [0, 0.05) is 12.8 Å². The van der Waals surface area contributed by atoms with E-state index in [0.717, 1.165) is 5.56 Å². The molecule has 16 heavy (non-hydrogen) atoms. The molecule has 86 valence electrons. The van der Waals surface area contributed by atoms with Crippen LogP contribution in [0, 0.1) is 0 Å². The number of carbonyl (C=O) groups is 1. The lowest BCUT2D eigenvalue weighted by Crippen LogP contribution is -2.01. The average Bonchev–Trinajstić information content (AvgIpc) is 2.28. The van der Waals surface area contributed by atoms with E-state index in [1.165, 1.54) is 7.11 Å². The lowest BCUT2D eigenvalue weighted by atomic mass is 10.2. The number of rotatable bonds is 4. The van der Waals surface area contributed by atoms with Crippen molar-refractivity contribution in [2.75, 3.05) is 13.7 Å². The number of ether oxygens (including phenoxy) is 1.